The Morgan fingerprint density at radius 3 is 2.58 bits per heavy atom. The van der Waals surface area contributed by atoms with Crippen LogP contribution in [0.15, 0.2) is 51.0 Å². The molecule has 0 unspecified atom stereocenters. The average molecular weight is 503 g/mol. The second-order valence-electron chi connectivity index (χ2n) is 9.46. The molecule has 0 radical (unpaired) electrons. The van der Waals surface area contributed by atoms with Crippen molar-refractivity contribution in [2.75, 3.05) is 49.5 Å². The number of carbonyl (C=O) groups is 1. The number of nitrogens with one attached hydrogen (secondary N) is 1. The minimum atomic E-state index is 0.282. The smallest absolute Gasteiger partial charge is 0.234 e. The van der Waals surface area contributed by atoms with E-state index in [0.717, 1.165) is 61.9 Å². The van der Waals surface area contributed by atoms with Gasteiger partial charge in [-0.05, 0) is 60.9 Å². The Kier molecular flexibility index (Phi) is 7.58. The second kappa shape index (κ2) is 11.2. The van der Waals surface area contributed by atoms with Crippen LogP contribution < -0.4 is 10.2 Å². The van der Waals surface area contributed by atoms with Crippen molar-refractivity contribution in [2.45, 2.75) is 42.7 Å². The molecule has 1 aromatic heterocycles. The van der Waals surface area contributed by atoms with Gasteiger partial charge in [-0.25, -0.2) is 0 Å². The predicted molar refractivity (Wildman–Crippen MR) is 140 cm³/mol. The van der Waals surface area contributed by atoms with Gasteiger partial charge in [0, 0.05) is 56.4 Å². The van der Waals surface area contributed by atoms with Crippen molar-refractivity contribution < 1.29 is 4.79 Å². The van der Waals surface area contributed by atoms with Crippen molar-refractivity contribution in [2.24, 2.45) is 10.9 Å². The topological polar surface area (TPSA) is 110 Å². The van der Waals surface area contributed by atoms with Gasteiger partial charge >= 0.3 is 0 Å². The van der Waals surface area contributed by atoms with Gasteiger partial charge < -0.3 is 10.2 Å². The number of aromatic nitrogens is 3. The number of hydrogen-bond donors (Lipinski definition) is 1. The quantitative estimate of drug-likeness (QED) is 0.552. The van der Waals surface area contributed by atoms with E-state index in [1.54, 1.807) is 0 Å². The molecule has 2 aliphatic heterocycles. The zero-order valence-electron chi connectivity index (χ0n) is 20.5. The molecule has 3 heterocycles. The Labute approximate surface area is 215 Å². The first kappa shape index (κ1) is 24.4. The maximum atomic E-state index is 12.1. The molecular formula is C26H30N8OS. The lowest BCUT2D eigenvalue weighted by molar-refractivity contribution is -0.119. The molecule has 0 spiro atoms. The van der Waals surface area contributed by atoms with Gasteiger partial charge in [-0.1, -0.05) is 12.1 Å². The summed E-state index contributed by atoms with van der Waals surface area (Å²) in [6.45, 7) is 6.85. The third-order valence-corrected chi connectivity index (χ3v) is 7.34. The zero-order valence-corrected chi connectivity index (χ0v) is 21.3. The molecule has 0 bridgehead atoms. The Hall–Kier alpha value is -3.29. The number of nitriles is 1. The van der Waals surface area contributed by atoms with E-state index in [0.29, 0.717) is 42.2 Å². The first-order valence-electron chi connectivity index (χ1n) is 12.4. The van der Waals surface area contributed by atoms with E-state index in [-0.39, 0.29) is 5.92 Å². The van der Waals surface area contributed by atoms with Crippen LogP contribution in [0, 0.1) is 17.2 Å². The summed E-state index contributed by atoms with van der Waals surface area (Å²) in [7, 11) is 0. The summed E-state index contributed by atoms with van der Waals surface area (Å²) in [6.07, 6.45) is 5.15. The lowest BCUT2D eigenvalue weighted by Crippen LogP contribution is -2.47. The van der Waals surface area contributed by atoms with Crippen molar-refractivity contribution >= 4 is 35.3 Å². The standard InChI is InChI=1S/C26H30N8OS/c1-18-15-23(28-17-18)29-24-30-25(34-13-11-33(12-14-34)10-2-9-27)32-26(31-24)36-21-7-3-19(4-8-21)16-22(35)20-5-6-20/h3-4,7-8,15,20H,2,5-6,10-14,16-17H2,1H3,(H,28,29,30,31,32). The second-order valence-corrected chi connectivity index (χ2v) is 10.5. The average Bonchev–Trinajstić information content (AvgIpc) is 3.66. The molecule has 2 aromatic rings. The normalized spacial score (nSPS) is 17.9. The third-order valence-electron chi connectivity index (χ3n) is 6.46. The number of carbonyl (C=O) groups excluding carboxylic acids is 1. The summed E-state index contributed by atoms with van der Waals surface area (Å²) in [4.78, 5) is 36.2. The molecule has 1 saturated carbocycles. The molecule has 36 heavy (non-hydrogen) atoms. The Balaban J connectivity index is 1.31. The molecule has 0 amide bonds. The van der Waals surface area contributed by atoms with Crippen molar-refractivity contribution in [1.29, 1.82) is 5.26 Å². The summed E-state index contributed by atoms with van der Waals surface area (Å²) in [5.74, 6) is 2.50. The minimum Gasteiger partial charge on any atom is -0.338 e. The molecular weight excluding hydrogens is 472 g/mol. The Morgan fingerprint density at radius 1 is 1.14 bits per heavy atom. The highest BCUT2D eigenvalue weighted by molar-refractivity contribution is 7.99. The van der Waals surface area contributed by atoms with E-state index >= 15 is 0 Å². The molecule has 0 atom stereocenters. The van der Waals surface area contributed by atoms with Gasteiger partial charge in [0.25, 0.3) is 0 Å². The zero-order chi connectivity index (χ0) is 24.9. The van der Waals surface area contributed by atoms with Gasteiger partial charge in [0.1, 0.15) is 11.6 Å². The summed E-state index contributed by atoms with van der Waals surface area (Å²) in [6, 6.07) is 10.3. The summed E-state index contributed by atoms with van der Waals surface area (Å²) < 4.78 is 0. The summed E-state index contributed by atoms with van der Waals surface area (Å²) in [5.41, 5.74) is 2.24. The number of aliphatic imine (C=N–C) groups is 1. The lowest BCUT2D eigenvalue weighted by atomic mass is 10.1. The number of benzene rings is 1. The van der Waals surface area contributed by atoms with E-state index < -0.39 is 0 Å². The van der Waals surface area contributed by atoms with E-state index in [2.05, 4.69) is 31.2 Å². The first-order valence-corrected chi connectivity index (χ1v) is 13.3. The number of nitrogens with zero attached hydrogens (tertiary/aromatic N) is 7. The maximum Gasteiger partial charge on any atom is 0.234 e. The molecule has 10 heteroatoms. The van der Waals surface area contributed by atoms with Crippen LogP contribution in [0.3, 0.4) is 0 Å². The van der Waals surface area contributed by atoms with Crippen LogP contribution in [-0.4, -0.2) is 70.7 Å². The number of amidine groups is 1. The molecule has 1 aromatic carbocycles. The van der Waals surface area contributed by atoms with Gasteiger partial charge in [0.05, 0.1) is 12.6 Å². The van der Waals surface area contributed by atoms with Gasteiger partial charge in [0.2, 0.25) is 11.9 Å². The number of anilines is 2. The fourth-order valence-electron chi connectivity index (χ4n) is 4.22. The molecule has 1 aliphatic carbocycles. The van der Waals surface area contributed by atoms with Gasteiger partial charge in [-0.3, -0.25) is 14.7 Å². The minimum absolute atomic E-state index is 0.282. The van der Waals surface area contributed by atoms with E-state index in [1.807, 2.05) is 37.3 Å². The number of hydrogen-bond acceptors (Lipinski definition) is 10. The van der Waals surface area contributed by atoms with E-state index in [1.165, 1.54) is 17.3 Å². The van der Waals surface area contributed by atoms with Crippen LogP contribution in [0.25, 0.3) is 0 Å². The molecule has 5 rings (SSSR count). The highest BCUT2D eigenvalue weighted by Gasteiger charge is 2.29. The van der Waals surface area contributed by atoms with Crippen LogP contribution in [0.4, 0.5) is 11.9 Å². The molecule has 2 fully saturated rings. The third kappa shape index (κ3) is 6.47. The van der Waals surface area contributed by atoms with Crippen molar-refractivity contribution in [3.05, 3.63) is 41.5 Å². The van der Waals surface area contributed by atoms with Crippen molar-refractivity contribution in [1.82, 2.24) is 19.9 Å². The van der Waals surface area contributed by atoms with Crippen molar-refractivity contribution in [3.63, 3.8) is 0 Å². The molecule has 3 aliphatic rings. The van der Waals surface area contributed by atoms with Crippen molar-refractivity contribution in [3.8, 4) is 6.07 Å². The monoisotopic (exact) mass is 502 g/mol. The molecule has 1 saturated heterocycles. The Bertz CT molecular complexity index is 1210. The van der Waals surface area contributed by atoms with Crippen LogP contribution >= 0.6 is 11.8 Å². The first-order chi connectivity index (χ1) is 17.6. The number of Topliss-reactive ketones (excluding diaryl/α,β-unsaturated/α-hetero) is 1. The van der Waals surface area contributed by atoms with Gasteiger partial charge in [-0.15, -0.1) is 0 Å². The van der Waals surface area contributed by atoms with Crippen LogP contribution in [-0.2, 0) is 11.2 Å². The van der Waals surface area contributed by atoms with E-state index in [4.69, 9.17) is 15.2 Å². The number of rotatable bonds is 9. The molecule has 186 valence electrons. The summed E-state index contributed by atoms with van der Waals surface area (Å²) in [5, 5.41) is 12.7. The highest BCUT2D eigenvalue weighted by Crippen LogP contribution is 2.32. The fourth-order valence-corrected chi connectivity index (χ4v) is 4.97. The molecule has 1 N–H and O–H groups in total. The predicted octanol–water partition coefficient (Wildman–Crippen LogP) is 3.35. The Morgan fingerprint density at radius 2 is 1.92 bits per heavy atom. The van der Waals surface area contributed by atoms with Crippen LogP contribution in [0.5, 0.6) is 0 Å². The van der Waals surface area contributed by atoms with E-state index in [9.17, 15) is 4.79 Å². The van der Waals surface area contributed by atoms with Crippen LogP contribution in [0.1, 0.15) is 31.7 Å². The number of ketones is 1. The van der Waals surface area contributed by atoms with Gasteiger partial charge in [-0.2, -0.15) is 20.2 Å². The lowest BCUT2D eigenvalue weighted by Gasteiger charge is -2.34. The maximum absolute atomic E-state index is 12.1. The van der Waals surface area contributed by atoms with Gasteiger partial charge in [0.15, 0.2) is 5.16 Å². The largest absolute Gasteiger partial charge is 0.338 e. The van der Waals surface area contributed by atoms with Crippen LogP contribution in [0.2, 0.25) is 0 Å². The highest BCUT2D eigenvalue weighted by atomic mass is 32.2. The SMILES string of the molecule is CC1=CC(Nc2nc(Sc3ccc(CC(=O)C4CC4)cc3)nc(N3CCN(CCC#N)CC3)n2)=NC1. The summed E-state index contributed by atoms with van der Waals surface area (Å²) >= 11 is 1.48. The fraction of sp³-hybridized carbons (Fsp3) is 0.462. The number of piperazine rings is 1. The molecule has 9 nitrogen and oxygen atoms in total.